The summed E-state index contributed by atoms with van der Waals surface area (Å²) < 4.78 is 5.92. The number of piperazine rings is 1. The molecule has 90 valence electrons. The van der Waals surface area contributed by atoms with Gasteiger partial charge in [0, 0.05) is 26.2 Å². The van der Waals surface area contributed by atoms with Crippen LogP contribution < -0.4 is 10.2 Å². The van der Waals surface area contributed by atoms with Crippen molar-refractivity contribution in [1.29, 1.82) is 0 Å². The molecule has 1 aliphatic heterocycles. The van der Waals surface area contributed by atoms with Crippen LogP contribution in [0.15, 0.2) is 22.6 Å². The molecule has 0 atom stereocenters. The van der Waals surface area contributed by atoms with E-state index in [1.54, 1.807) is 0 Å². The zero-order valence-corrected chi connectivity index (χ0v) is 10.1. The monoisotopic (exact) mass is 231 g/mol. The number of aryl methyl sites for hydroxylation is 1. The molecule has 1 aromatic carbocycles. The molecule has 4 nitrogen and oxygen atoms in total. The van der Waals surface area contributed by atoms with Gasteiger partial charge in [0.1, 0.15) is 5.52 Å². The average Bonchev–Trinajstić information content (AvgIpc) is 2.83. The van der Waals surface area contributed by atoms with Crippen LogP contribution >= 0.6 is 0 Å². The zero-order valence-electron chi connectivity index (χ0n) is 10.1. The molecule has 1 fully saturated rings. The smallest absolute Gasteiger partial charge is 0.298 e. The number of nitrogens with one attached hydrogen (secondary N) is 1. The summed E-state index contributed by atoms with van der Waals surface area (Å²) in [5, 5.41) is 3.33. The fourth-order valence-electron chi connectivity index (χ4n) is 2.26. The number of oxazole rings is 1. The van der Waals surface area contributed by atoms with Crippen molar-refractivity contribution in [2.75, 3.05) is 31.1 Å². The molecule has 1 N–H and O–H groups in total. The van der Waals surface area contributed by atoms with Gasteiger partial charge in [0.25, 0.3) is 6.01 Å². The zero-order chi connectivity index (χ0) is 11.7. The maximum absolute atomic E-state index is 5.92. The molecule has 17 heavy (non-hydrogen) atoms. The number of anilines is 1. The molecular formula is C13H17N3O. The summed E-state index contributed by atoms with van der Waals surface area (Å²) in [7, 11) is 0. The molecule has 2 heterocycles. The van der Waals surface area contributed by atoms with Crippen molar-refractivity contribution in [2.24, 2.45) is 0 Å². The Morgan fingerprint density at radius 1 is 1.35 bits per heavy atom. The van der Waals surface area contributed by atoms with Gasteiger partial charge in [-0.15, -0.1) is 0 Å². The molecule has 0 spiro atoms. The molecular weight excluding hydrogens is 214 g/mol. The first-order valence-electron chi connectivity index (χ1n) is 6.22. The highest BCUT2D eigenvalue weighted by Crippen LogP contribution is 2.25. The molecule has 0 bridgehead atoms. The number of hydrogen-bond acceptors (Lipinski definition) is 4. The summed E-state index contributed by atoms with van der Waals surface area (Å²) in [6.45, 7) is 6.07. The van der Waals surface area contributed by atoms with Crippen molar-refractivity contribution >= 4 is 17.1 Å². The van der Waals surface area contributed by atoms with Crippen molar-refractivity contribution in [3.63, 3.8) is 0 Å². The first-order chi connectivity index (χ1) is 8.38. The van der Waals surface area contributed by atoms with E-state index in [0.29, 0.717) is 0 Å². The van der Waals surface area contributed by atoms with Gasteiger partial charge in [0.05, 0.1) is 0 Å². The van der Waals surface area contributed by atoms with Crippen LogP contribution in [0.25, 0.3) is 11.1 Å². The van der Waals surface area contributed by atoms with E-state index in [0.717, 1.165) is 49.7 Å². The first-order valence-corrected chi connectivity index (χ1v) is 6.22. The third kappa shape index (κ3) is 1.89. The van der Waals surface area contributed by atoms with Crippen LogP contribution in [0.3, 0.4) is 0 Å². The second-order valence-electron chi connectivity index (χ2n) is 4.35. The topological polar surface area (TPSA) is 41.3 Å². The molecule has 4 heteroatoms. The summed E-state index contributed by atoms with van der Waals surface area (Å²) in [5.74, 6) is 0. The maximum atomic E-state index is 5.92. The lowest BCUT2D eigenvalue weighted by atomic mass is 10.1. The quantitative estimate of drug-likeness (QED) is 0.855. The third-order valence-corrected chi connectivity index (χ3v) is 3.25. The highest BCUT2D eigenvalue weighted by atomic mass is 16.4. The summed E-state index contributed by atoms with van der Waals surface area (Å²) >= 11 is 0. The normalized spacial score (nSPS) is 16.6. The Morgan fingerprint density at radius 3 is 2.94 bits per heavy atom. The van der Waals surface area contributed by atoms with Crippen molar-refractivity contribution < 1.29 is 4.42 Å². The molecule has 1 aromatic heterocycles. The average molecular weight is 231 g/mol. The van der Waals surface area contributed by atoms with E-state index in [1.165, 1.54) is 5.56 Å². The van der Waals surface area contributed by atoms with E-state index < -0.39 is 0 Å². The van der Waals surface area contributed by atoms with Crippen LogP contribution in [0, 0.1) is 0 Å². The fourth-order valence-corrected chi connectivity index (χ4v) is 2.26. The number of aromatic nitrogens is 1. The van der Waals surface area contributed by atoms with Crippen molar-refractivity contribution in [3.8, 4) is 0 Å². The lowest BCUT2D eigenvalue weighted by Crippen LogP contribution is -2.43. The second kappa shape index (κ2) is 4.37. The minimum Gasteiger partial charge on any atom is -0.423 e. The Hall–Kier alpha value is -1.55. The van der Waals surface area contributed by atoms with Crippen LogP contribution in [-0.2, 0) is 6.42 Å². The van der Waals surface area contributed by atoms with Gasteiger partial charge in [-0.2, -0.15) is 4.98 Å². The van der Waals surface area contributed by atoms with Crippen LogP contribution in [0.1, 0.15) is 12.5 Å². The van der Waals surface area contributed by atoms with Crippen molar-refractivity contribution in [2.45, 2.75) is 13.3 Å². The minimum absolute atomic E-state index is 0.766. The highest BCUT2D eigenvalue weighted by Gasteiger charge is 2.17. The third-order valence-electron chi connectivity index (χ3n) is 3.25. The van der Waals surface area contributed by atoms with Crippen molar-refractivity contribution in [3.05, 3.63) is 23.8 Å². The lowest BCUT2D eigenvalue weighted by Gasteiger charge is -2.25. The SMILES string of the molecule is CCc1cccc2nc(N3CCNCC3)oc12. The van der Waals surface area contributed by atoms with Gasteiger partial charge in [0.2, 0.25) is 0 Å². The Bertz CT molecular complexity index is 514. The number of hydrogen-bond donors (Lipinski definition) is 1. The van der Waals surface area contributed by atoms with Crippen LogP contribution in [-0.4, -0.2) is 31.2 Å². The largest absolute Gasteiger partial charge is 0.423 e. The van der Waals surface area contributed by atoms with Gasteiger partial charge in [-0.25, -0.2) is 0 Å². The molecule has 0 radical (unpaired) electrons. The molecule has 3 rings (SSSR count). The van der Waals surface area contributed by atoms with Gasteiger partial charge >= 0.3 is 0 Å². The van der Waals surface area contributed by atoms with Gasteiger partial charge in [-0.05, 0) is 18.1 Å². The summed E-state index contributed by atoms with van der Waals surface area (Å²) in [5.41, 5.74) is 3.15. The van der Waals surface area contributed by atoms with Gasteiger partial charge in [0.15, 0.2) is 5.58 Å². The molecule has 0 saturated carbocycles. The Morgan fingerprint density at radius 2 is 2.18 bits per heavy atom. The van der Waals surface area contributed by atoms with Crippen molar-refractivity contribution in [1.82, 2.24) is 10.3 Å². The number of benzene rings is 1. The van der Waals surface area contributed by atoms with Gasteiger partial charge in [-0.1, -0.05) is 19.1 Å². The predicted octanol–water partition coefficient (Wildman–Crippen LogP) is 1.80. The van der Waals surface area contributed by atoms with E-state index in [1.807, 2.05) is 12.1 Å². The summed E-state index contributed by atoms with van der Waals surface area (Å²) in [4.78, 5) is 6.78. The van der Waals surface area contributed by atoms with E-state index in [4.69, 9.17) is 4.42 Å². The van der Waals surface area contributed by atoms with E-state index in [9.17, 15) is 0 Å². The van der Waals surface area contributed by atoms with E-state index >= 15 is 0 Å². The molecule has 2 aromatic rings. The van der Waals surface area contributed by atoms with Gasteiger partial charge in [-0.3, -0.25) is 0 Å². The second-order valence-corrected chi connectivity index (χ2v) is 4.35. The Balaban J connectivity index is 2.00. The highest BCUT2D eigenvalue weighted by molar-refractivity contribution is 5.78. The number of para-hydroxylation sites is 1. The van der Waals surface area contributed by atoms with Gasteiger partial charge < -0.3 is 14.6 Å². The standard InChI is InChI=1S/C13H17N3O/c1-2-10-4-3-5-11-12(10)17-13(15-11)16-8-6-14-7-9-16/h3-5,14H,2,6-9H2,1H3. The van der Waals surface area contributed by atoms with E-state index in [-0.39, 0.29) is 0 Å². The molecule has 1 saturated heterocycles. The van der Waals surface area contributed by atoms with Crippen LogP contribution in [0.5, 0.6) is 0 Å². The van der Waals surface area contributed by atoms with Crippen LogP contribution in [0.2, 0.25) is 0 Å². The molecule has 1 aliphatic rings. The molecule has 0 unspecified atom stereocenters. The minimum atomic E-state index is 0.766. The lowest BCUT2D eigenvalue weighted by molar-refractivity contribution is 0.516. The number of nitrogens with zero attached hydrogens (tertiary/aromatic N) is 2. The predicted molar refractivity (Wildman–Crippen MR) is 68.5 cm³/mol. The maximum Gasteiger partial charge on any atom is 0.298 e. The fraction of sp³-hybridized carbons (Fsp3) is 0.462. The first kappa shape index (κ1) is 10.6. The molecule has 0 amide bonds. The Labute approximate surface area is 101 Å². The number of rotatable bonds is 2. The Kier molecular flexibility index (Phi) is 2.73. The van der Waals surface area contributed by atoms with Crippen LogP contribution in [0.4, 0.5) is 6.01 Å². The van der Waals surface area contributed by atoms with E-state index in [2.05, 4.69) is 28.2 Å². The number of fused-ring (bicyclic) bond motifs is 1. The molecule has 0 aliphatic carbocycles. The summed E-state index contributed by atoms with van der Waals surface area (Å²) in [6, 6.07) is 6.94. The summed E-state index contributed by atoms with van der Waals surface area (Å²) in [6.07, 6.45) is 0.980.